The first kappa shape index (κ1) is 12.3. The minimum Gasteiger partial charge on any atom is -0.271 e. The molecule has 0 spiro atoms. The van der Waals surface area contributed by atoms with E-state index in [1.54, 1.807) is 18.6 Å². The van der Waals surface area contributed by atoms with E-state index in [0.29, 0.717) is 5.92 Å². The molecule has 1 aliphatic carbocycles. The van der Waals surface area contributed by atoms with Crippen LogP contribution in [0.15, 0.2) is 42.9 Å². The molecule has 1 aromatic heterocycles. The molecule has 3 rings (SSSR count). The second kappa shape index (κ2) is 5.47. The van der Waals surface area contributed by atoms with Gasteiger partial charge >= 0.3 is 0 Å². The lowest BCUT2D eigenvalue weighted by Crippen LogP contribution is -2.31. The van der Waals surface area contributed by atoms with Gasteiger partial charge in [-0.3, -0.25) is 15.8 Å². The molecule has 0 aliphatic heterocycles. The number of hydrogen-bond donors (Lipinski definition) is 2. The molecule has 0 saturated heterocycles. The molecule has 1 aliphatic rings. The molecule has 4 nitrogen and oxygen atoms in total. The van der Waals surface area contributed by atoms with Crippen LogP contribution in [0.1, 0.15) is 48.0 Å². The van der Waals surface area contributed by atoms with Crippen molar-refractivity contribution in [2.75, 3.05) is 0 Å². The molecule has 98 valence electrons. The zero-order chi connectivity index (χ0) is 13.1. The molecule has 19 heavy (non-hydrogen) atoms. The summed E-state index contributed by atoms with van der Waals surface area (Å²) in [6, 6.07) is 8.40. The maximum atomic E-state index is 5.75. The van der Waals surface area contributed by atoms with E-state index >= 15 is 0 Å². The summed E-state index contributed by atoms with van der Waals surface area (Å²) < 4.78 is 0. The number of benzene rings is 1. The number of hydrazine groups is 1. The van der Waals surface area contributed by atoms with Crippen molar-refractivity contribution in [2.45, 2.75) is 31.2 Å². The van der Waals surface area contributed by atoms with Crippen LogP contribution in [0.25, 0.3) is 0 Å². The van der Waals surface area contributed by atoms with Gasteiger partial charge in [0.25, 0.3) is 0 Å². The van der Waals surface area contributed by atoms with Crippen LogP contribution in [0.2, 0.25) is 0 Å². The summed E-state index contributed by atoms with van der Waals surface area (Å²) in [6.07, 6.45) is 9.01. The number of nitrogens with one attached hydrogen (secondary N) is 1. The van der Waals surface area contributed by atoms with Crippen LogP contribution in [0.4, 0.5) is 0 Å². The van der Waals surface area contributed by atoms with E-state index in [4.69, 9.17) is 5.84 Å². The van der Waals surface area contributed by atoms with E-state index in [1.165, 1.54) is 30.4 Å². The number of aromatic nitrogens is 2. The van der Waals surface area contributed by atoms with Gasteiger partial charge in [-0.2, -0.15) is 0 Å². The van der Waals surface area contributed by atoms with Gasteiger partial charge in [0.2, 0.25) is 0 Å². The average molecular weight is 254 g/mol. The van der Waals surface area contributed by atoms with Gasteiger partial charge in [-0.25, -0.2) is 5.43 Å². The molecule has 1 heterocycles. The smallest absolute Gasteiger partial charge is 0.0899 e. The Morgan fingerprint density at radius 3 is 2.68 bits per heavy atom. The quantitative estimate of drug-likeness (QED) is 0.649. The van der Waals surface area contributed by atoms with E-state index in [1.807, 2.05) is 0 Å². The van der Waals surface area contributed by atoms with E-state index in [9.17, 15) is 0 Å². The third kappa shape index (κ3) is 2.37. The van der Waals surface area contributed by atoms with Crippen LogP contribution in [0, 0.1) is 0 Å². The fourth-order valence-corrected chi connectivity index (χ4v) is 2.66. The molecule has 3 N–H and O–H groups in total. The summed E-state index contributed by atoms with van der Waals surface area (Å²) in [6.45, 7) is 0. The fraction of sp³-hybridized carbons (Fsp3) is 0.333. The maximum absolute atomic E-state index is 5.75. The summed E-state index contributed by atoms with van der Waals surface area (Å²) >= 11 is 0. The van der Waals surface area contributed by atoms with Crippen molar-refractivity contribution in [3.63, 3.8) is 0 Å². The molecule has 2 aromatic rings. The number of hydrogen-bond acceptors (Lipinski definition) is 4. The van der Waals surface area contributed by atoms with Crippen molar-refractivity contribution < 1.29 is 0 Å². The summed E-state index contributed by atoms with van der Waals surface area (Å²) in [5.41, 5.74) is 6.34. The first-order valence-corrected chi connectivity index (χ1v) is 6.71. The van der Waals surface area contributed by atoms with Gasteiger partial charge < -0.3 is 0 Å². The van der Waals surface area contributed by atoms with E-state index in [0.717, 1.165) is 5.69 Å². The zero-order valence-electron chi connectivity index (χ0n) is 10.8. The SMILES string of the molecule is NNC(c1cnccn1)c1ccccc1C1CCC1. The second-order valence-corrected chi connectivity index (χ2v) is 4.99. The summed E-state index contributed by atoms with van der Waals surface area (Å²) in [5.74, 6) is 6.42. The number of nitrogens with zero attached hydrogens (tertiary/aromatic N) is 2. The van der Waals surface area contributed by atoms with Crippen LogP contribution in [0.5, 0.6) is 0 Å². The Balaban J connectivity index is 1.99. The zero-order valence-corrected chi connectivity index (χ0v) is 10.8. The lowest BCUT2D eigenvalue weighted by Gasteiger charge is -2.30. The molecular weight excluding hydrogens is 236 g/mol. The van der Waals surface area contributed by atoms with Gasteiger partial charge in [-0.1, -0.05) is 30.7 Å². The Kier molecular flexibility index (Phi) is 3.53. The lowest BCUT2D eigenvalue weighted by molar-refractivity contribution is 0.414. The van der Waals surface area contributed by atoms with Gasteiger partial charge in [0.1, 0.15) is 0 Å². The predicted molar refractivity (Wildman–Crippen MR) is 74.2 cm³/mol. The third-order valence-corrected chi connectivity index (χ3v) is 3.90. The van der Waals surface area contributed by atoms with Crippen LogP contribution < -0.4 is 11.3 Å². The topological polar surface area (TPSA) is 63.8 Å². The minimum atomic E-state index is -0.0921. The van der Waals surface area contributed by atoms with Gasteiger partial charge in [0.15, 0.2) is 0 Å². The highest BCUT2D eigenvalue weighted by molar-refractivity contribution is 5.37. The summed E-state index contributed by atoms with van der Waals surface area (Å²) in [4.78, 5) is 8.50. The second-order valence-electron chi connectivity index (χ2n) is 4.99. The average Bonchev–Trinajstić information content (AvgIpc) is 2.41. The molecule has 1 fully saturated rings. The van der Waals surface area contributed by atoms with Gasteiger partial charge in [0, 0.05) is 12.4 Å². The van der Waals surface area contributed by atoms with Crippen LogP contribution in [0.3, 0.4) is 0 Å². The normalized spacial score (nSPS) is 16.9. The Morgan fingerprint density at radius 2 is 2.05 bits per heavy atom. The molecule has 0 amide bonds. The fourth-order valence-electron chi connectivity index (χ4n) is 2.66. The molecule has 4 heteroatoms. The van der Waals surface area contributed by atoms with E-state index in [-0.39, 0.29) is 6.04 Å². The highest BCUT2D eigenvalue weighted by atomic mass is 15.2. The molecule has 0 bridgehead atoms. The van der Waals surface area contributed by atoms with Gasteiger partial charge in [0.05, 0.1) is 17.9 Å². The largest absolute Gasteiger partial charge is 0.271 e. The van der Waals surface area contributed by atoms with Crippen LogP contribution in [-0.4, -0.2) is 9.97 Å². The van der Waals surface area contributed by atoms with Crippen molar-refractivity contribution in [3.8, 4) is 0 Å². The Morgan fingerprint density at radius 1 is 1.21 bits per heavy atom. The van der Waals surface area contributed by atoms with Crippen LogP contribution in [-0.2, 0) is 0 Å². The van der Waals surface area contributed by atoms with Gasteiger partial charge in [-0.15, -0.1) is 0 Å². The Hall–Kier alpha value is -1.78. The third-order valence-electron chi connectivity index (χ3n) is 3.90. The maximum Gasteiger partial charge on any atom is 0.0899 e. The summed E-state index contributed by atoms with van der Waals surface area (Å²) in [7, 11) is 0. The first-order valence-electron chi connectivity index (χ1n) is 6.71. The number of rotatable bonds is 4. The highest BCUT2D eigenvalue weighted by Crippen LogP contribution is 2.40. The monoisotopic (exact) mass is 254 g/mol. The van der Waals surface area contributed by atoms with Gasteiger partial charge in [-0.05, 0) is 29.9 Å². The Bertz CT molecular complexity index is 537. The molecule has 1 saturated carbocycles. The lowest BCUT2D eigenvalue weighted by atomic mass is 9.77. The highest BCUT2D eigenvalue weighted by Gasteiger charge is 2.25. The van der Waals surface area contributed by atoms with Crippen molar-refractivity contribution >= 4 is 0 Å². The van der Waals surface area contributed by atoms with Crippen molar-refractivity contribution in [3.05, 3.63) is 59.7 Å². The molecule has 0 radical (unpaired) electrons. The standard InChI is InChI=1S/C15H18N4/c16-19-15(14-10-17-8-9-18-14)13-7-2-1-6-12(13)11-4-3-5-11/h1-2,6-11,15,19H,3-5,16H2. The van der Waals surface area contributed by atoms with Crippen molar-refractivity contribution in [1.29, 1.82) is 0 Å². The molecular formula is C15H18N4. The van der Waals surface area contributed by atoms with E-state index in [2.05, 4.69) is 39.7 Å². The first-order chi connectivity index (χ1) is 9.40. The summed E-state index contributed by atoms with van der Waals surface area (Å²) in [5, 5.41) is 0. The van der Waals surface area contributed by atoms with Crippen LogP contribution >= 0.6 is 0 Å². The number of nitrogens with two attached hydrogens (primary N) is 1. The molecule has 1 atom stereocenters. The molecule has 1 aromatic carbocycles. The van der Waals surface area contributed by atoms with Crippen molar-refractivity contribution in [1.82, 2.24) is 15.4 Å². The Labute approximate surface area is 113 Å². The van der Waals surface area contributed by atoms with Crippen molar-refractivity contribution in [2.24, 2.45) is 5.84 Å². The molecule has 1 unspecified atom stereocenters. The van der Waals surface area contributed by atoms with E-state index < -0.39 is 0 Å². The minimum absolute atomic E-state index is 0.0921. The predicted octanol–water partition coefficient (Wildman–Crippen LogP) is 2.30.